The van der Waals surface area contributed by atoms with Crippen molar-refractivity contribution in [3.05, 3.63) is 45.8 Å². The van der Waals surface area contributed by atoms with Crippen LogP contribution in [0.1, 0.15) is 25.0 Å². The number of nitrogens with zero attached hydrogens (tertiary/aromatic N) is 1. The van der Waals surface area contributed by atoms with Crippen LogP contribution in [0.25, 0.3) is 11.0 Å². The zero-order valence-electron chi connectivity index (χ0n) is 12.9. The molecule has 1 aromatic heterocycles. The summed E-state index contributed by atoms with van der Waals surface area (Å²) in [5.41, 5.74) is 2.66. The minimum absolute atomic E-state index is 0.0886. The Hall–Kier alpha value is -1.65. The Bertz CT molecular complexity index is 718. The van der Waals surface area contributed by atoms with Crippen molar-refractivity contribution in [1.82, 2.24) is 10.2 Å². The van der Waals surface area contributed by atoms with Crippen LogP contribution in [0.3, 0.4) is 0 Å². The van der Waals surface area contributed by atoms with Crippen LogP contribution in [0.15, 0.2) is 33.5 Å². The van der Waals surface area contributed by atoms with E-state index in [0.717, 1.165) is 42.7 Å². The average molecular weight is 286 g/mol. The van der Waals surface area contributed by atoms with Crippen LogP contribution in [0, 0.1) is 6.92 Å². The lowest BCUT2D eigenvalue weighted by Gasteiger charge is -2.43. The molecule has 112 valence electrons. The lowest BCUT2D eigenvalue weighted by Crippen LogP contribution is -2.57. The molecule has 1 fully saturated rings. The second-order valence-electron chi connectivity index (χ2n) is 6.50. The summed E-state index contributed by atoms with van der Waals surface area (Å²) in [4.78, 5) is 14.2. The van der Waals surface area contributed by atoms with E-state index in [4.69, 9.17) is 4.42 Å². The van der Waals surface area contributed by atoms with Crippen LogP contribution in [0.4, 0.5) is 0 Å². The molecule has 1 aliphatic rings. The van der Waals surface area contributed by atoms with Crippen molar-refractivity contribution in [1.29, 1.82) is 0 Å². The summed E-state index contributed by atoms with van der Waals surface area (Å²) in [6, 6.07) is 7.69. The molecular formula is C17H22N2O2. The maximum absolute atomic E-state index is 11.8. The number of rotatable bonds is 2. The van der Waals surface area contributed by atoms with Gasteiger partial charge in [0.15, 0.2) is 0 Å². The molecule has 21 heavy (non-hydrogen) atoms. The van der Waals surface area contributed by atoms with E-state index in [1.165, 1.54) is 0 Å². The predicted molar refractivity (Wildman–Crippen MR) is 84.6 cm³/mol. The molecule has 1 aromatic carbocycles. The van der Waals surface area contributed by atoms with Gasteiger partial charge in [-0.3, -0.25) is 4.90 Å². The van der Waals surface area contributed by atoms with Gasteiger partial charge in [0.1, 0.15) is 5.58 Å². The predicted octanol–water partition coefficient (Wildman–Crippen LogP) is 2.29. The topological polar surface area (TPSA) is 45.5 Å². The molecule has 1 N–H and O–H groups in total. The third-order valence-corrected chi connectivity index (χ3v) is 4.32. The molecule has 4 nitrogen and oxygen atoms in total. The van der Waals surface area contributed by atoms with Crippen molar-refractivity contribution in [3.63, 3.8) is 0 Å². The number of aryl methyl sites for hydroxylation is 1. The summed E-state index contributed by atoms with van der Waals surface area (Å²) in [6.45, 7) is 10.2. The summed E-state index contributed by atoms with van der Waals surface area (Å²) in [5, 5.41) is 4.46. The Morgan fingerprint density at radius 1 is 1.33 bits per heavy atom. The Morgan fingerprint density at radius 3 is 2.90 bits per heavy atom. The molecule has 1 aliphatic heterocycles. The fourth-order valence-electron chi connectivity index (χ4n) is 2.99. The molecule has 2 heterocycles. The SMILES string of the molecule is Cc1ccc2c(CN3CCNCC3(C)C)cc(=O)oc2c1. The van der Waals surface area contributed by atoms with Gasteiger partial charge in [0, 0.05) is 43.2 Å². The van der Waals surface area contributed by atoms with Crippen molar-refractivity contribution >= 4 is 11.0 Å². The molecule has 4 heteroatoms. The lowest BCUT2D eigenvalue weighted by molar-refractivity contribution is 0.0830. The standard InChI is InChI=1S/C17H22N2O2/c1-12-4-5-14-13(9-16(20)21-15(14)8-12)10-19-7-6-18-11-17(19,2)3/h4-5,8-9,18H,6-7,10-11H2,1-3H3. The van der Waals surface area contributed by atoms with E-state index in [0.29, 0.717) is 5.58 Å². The van der Waals surface area contributed by atoms with Crippen molar-refractivity contribution in [2.75, 3.05) is 19.6 Å². The van der Waals surface area contributed by atoms with E-state index in [-0.39, 0.29) is 11.2 Å². The number of piperazine rings is 1. The summed E-state index contributed by atoms with van der Waals surface area (Å²) < 4.78 is 5.34. The van der Waals surface area contributed by atoms with E-state index in [1.54, 1.807) is 6.07 Å². The first-order valence-corrected chi connectivity index (χ1v) is 7.45. The van der Waals surface area contributed by atoms with Gasteiger partial charge >= 0.3 is 5.63 Å². The van der Waals surface area contributed by atoms with Gasteiger partial charge < -0.3 is 9.73 Å². The first-order valence-electron chi connectivity index (χ1n) is 7.45. The summed E-state index contributed by atoms with van der Waals surface area (Å²) in [7, 11) is 0. The highest BCUT2D eigenvalue weighted by Crippen LogP contribution is 2.24. The second-order valence-corrected chi connectivity index (χ2v) is 6.50. The summed E-state index contributed by atoms with van der Waals surface area (Å²) in [6.07, 6.45) is 0. The molecule has 0 amide bonds. The van der Waals surface area contributed by atoms with Gasteiger partial charge in [0.25, 0.3) is 0 Å². The molecular weight excluding hydrogens is 264 g/mol. The Morgan fingerprint density at radius 2 is 2.14 bits per heavy atom. The van der Waals surface area contributed by atoms with Crippen LogP contribution in [0.2, 0.25) is 0 Å². The number of hydrogen-bond donors (Lipinski definition) is 1. The van der Waals surface area contributed by atoms with E-state index >= 15 is 0 Å². The van der Waals surface area contributed by atoms with E-state index < -0.39 is 0 Å². The highest BCUT2D eigenvalue weighted by molar-refractivity contribution is 5.80. The molecule has 0 saturated carbocycles. The second kappa shape index (κ2) is 5.28. The molecule has 2 aromatic rings. The van der Waals surface area contributed by atoms with Gasteiger partial charge in [-0.15, -0.1) is 0 Å². The Balaban J connectivity index is 2.02. The first-order chi connectivity index (χ1) is 9.95. The van der Waals surface area contributed by atoms with Gasteiger partial charge in [-0.1, -0.05) is 12.1 Å². The van der Waals surface area contributed by atoms with Crippen LogP contribution in [-0.2, 0) is 6.54 Å². The van der Waals surface area contributed by atoms with Crippen molar-refractivity contribution in [2.24, 2.45) is 0 Å². The molecule has 0 aliphatic carbocycles. The van der Waals surface area contributed by atoms with Gasteiger partial charge in [0.2, 0.25) is 0 Å². The quantitative estimate of drug-likeness (QED) is 0.860. The van der Waals surface area contributed by atoms with Crippen LogP contribution in [-0.4, -0.2) is 30.1 Å². The molecule has 0 unspecified atom stereocenters. The molecule has 3 rings (SSSR count). The van der Waals surface area contributed by atoms with Gasteiger partial charge in [-0.2, -0.15) is 0 Å². The lowest BCUT2D eigenvalue weighted by atomic mass is 9.98. The third kappa shape index (κ3) is 2.87. The van der Waals surface area contributed by atoms with Crippen LogP contribution in [0.5, 0.6) is 0 Å². The number of fused-ring (bicyclic) bond motifs is 1. The van der Waals surface area contributed by atoms with Gasteiger partial charge in [-0.25, -0.2) is 4.79 Å². The van der Waals surface area contributed by atoms with Crippen LogP contribution < -0.4 is 10.9 Å². The Labute approximate surface area is 124 Å². The average Bonchev–Trinajstić information content (AvgIpc) is 2.40. The summed E-state index contributed by atoms with van der Waals surface area (Å²) >= 11 is 0. The van der Waals surface area contributed by atoms with Gasteiger partial charge in [-0.05, 0) is 38.0 Å². The first kappa shape index (κ1) is 14.3. The number of nitrogens with one attached hydrogen (secondary N) is 1. The van der Waals surface area contributed by atoms with Crippen molar-refractivity contribution in [3.8, 4) is 0 Å². The maximum atomic E-state index is 11.8. The van der Waals surface area contributed by atoms with E-state index in [2.05, 4.69) is 36.2 Å². The summed E-state index contributed by atoms with van der Waals surface area (Å²) in [5.74, 6) is 0. The molecule has 1 saturated heterocycles. The van der Waals surface area contributed by atoms with Gasteiger partial charge in [0.05, 0.1) is 0 Å². The monoisotopic (exact) mass is 286 g/mol. The van der Waals surface area contributed by atoms with E-state index in [1.807, 2.05) is 13.0 Å². The van der Waals surface area contributed by atoms with Crippen molar-refractivity contribution in [2.45, 2.75) is 32.9 Å². The normalized spacial score (nSPS) is 19.0. The molecule has 0 radical (unpaired) electrons. The largest absolute Gasteiger partial charge is 0.423 e. The number of benzene rings is 1. The Kier molecular flexibility index (Phi) is 3.59. The van der Waals surface area contributed by atoms with E-state index in [9.17, 15) is 4.79 Å². The highest BCUT2D eigenvalue weighted by Gasteiger charge is 2.29. The zero-order chi connectivity index (χ0) is 15.0. The fourth-order valence-corrected chi connectivity index (χ4v) is 2.99. The number of hydrogen-bond acceptors (Lipinski definition) is 4. The fraction of sp³-hybridized carbons (Fsp3) is 0.471. The molecule has 0 bridgehead atoms. The minimum atomic E-state index is -0.268. The highest BCUT2D eigenvalue weighted by atomic mass is 16.4. The molecule has 0 atom stereocenters. The maximum Gasteiger partial charge on any atom is 0.336 e. The van der Waals surface area contributed by atoms with Crippen LogP contribution >= 0.6 is 0 Å². The smallest absolute Gasteiger partial charge is 0.336 e. The minimum Gasteiger partial charge on any atom is -0.423 e. The third-order valence-electron chi connectivity index (χ3n) is 4.32. The zero-order valence-corrected chi connectivity index (χ0v) is 12.9. The molecule has 0 spiro atoms. The van der Waals surface area contributed by atoms with Crippen molar-refractivity contribution < 1.29 is 4.42 Å².